The number of hydrogen-bond donors (Lipinski definition) is 2. The van der Waals surface area contributed by atoms with Gasteiger partial charge in [0.15, 0.2) is 0 Å². The lowest BCUT2D eigenvalue weighted by molar-refractivity contribution is -0.384. The van der Waals surface area contributed by atoms with Crippen LogP contribution in [0.15, 0.2) is 42.5 Å². The van der Waals surface area contributed by atoms with Gasteiger partial charge in [-0.1, -0.05) is 23.7 Å². The number of halogens is 1. The van der Waals surface area contributed by atoms with Gasteiger partial charge in [-0.05, 0) is 36.8 Å². The minimum Gasteiger partial charge on any atom is -0.508 e. The van der Waals surface area contributed by atoms with Gasteiger partial charge in [0.1, 0.15) is 11.4 Å². The van der Waals surface area contributed by atoms with E-state index in [-0.39, 0.29) is 17.5 Å². The molecular formula is C14H13ClN2O3. The molecule has 0 aliphatic carbocycles. The van der Waals surface area contributed by atoms with Crippen LogP contribution in [-0.2, 0) is 0 Å². The van der Waals surface area contributed by atoms with Gasteiger partial charge >= 0.3 is 0 Å². The largest absolute Gasteiger partial charge is 0.508 e. The summed E-state index contributed by atoms with van der Waals surface area (Å²) >= 11 is 5.88. The first-order chi connectivity index (χ1) is 9.47. The summed E-state index contributed by atoms with van der Waals surface area (Å²) in [5.74, 6) is 0.176. The minimum absolute atomic E-state index is 0.0278. The highest BCUT2D eigenvalue weighted by atomic mass is 35.5. The highest BCUT2D eigenvalue weighted by molar-refractivity contribution is 6.31. The molecule has 0 aliphatic rings. The fourth-order valence-corrected chi connectivity index (χ4v) is 2.03. The van der Waals surface area contributed by atoms with Crippen molar-refractivity contribution < 1.29 is 10.0 Å². The first kappa shape index (κ1) is 14.1. The third kappa shape index (κ3) is 3.19. The molecule has 2 N–H and O–H groups in total. The second kappa shape index (κ2) is 5.79. The predicted molar refractivity (Wildman–Crippen MR) is 78.3 cm³/mol. The molecule has 1 unspecified atom stereocenters. The van der Waals surface area contributed by atoms with Gasteiger partial charge < -0.3 is 10.4 Å². The van der Waals surface area contributed by atoms with E-state index in [4.69, 9.17) is 11.6 Å². The summed E-state index contributed by atoms with van der Waals surface area (Å²) < 4.78 is 0. The van der Waals surface area contributed by atoms with Crippen LogP contribution in [0.25, 0.3) is 0 Å². The topological polar surface area (TPSA) is 75.4 Å². The highest BCUT2D eigenvalue weighted by Gasteiger charge is 2.16. The first-order valence-corrected chi connectivity index (χ1v) is 6.34. The molecule has 0 saturated carbocycles. The van der Waals surface area contributed by atoms with E-state index in [1.54, 1.807) is 24.3 Å². The van der Waals surface area contributed by atoms with Crippen LogP contribution in [0.2, 0.25) is 5.02 Å². The van der Waals surface area contributed by atoms with E-state index >= 15 is 0 Å². The summed E-state index contributed by atoms with van der Waals surface area (Å²) in [6.07, 6.45) is 0. The maximum Gasteiger partial charge on any atom is 0.292 e. The van der Waals surface area contributed by atoms with E-state index < -0.39 is 4.92 Å². The smallest absolute Gasteiger partial charge is 0.292 e. The SMILES string of the molecule is CC(Nc1cc(Cl)ccc1[N+](=O)[O-])c1ccc(O)cc1. The zero-order chi connectivity index (χ0) is 14.7. The molecular weight excluding hydrogens is 280 g/mol. The molecule has 0 heterocycles. The van der Waals surface area contributed by atoms with Crippen LogP contribution in [0, 0.1) is 10.1 Å². The molecule has 2 aromatic rings. The second-order valence-electron chi connectivity index (χ2n) is 4.38. The zero-order valence-corrected chi connectivity index (χ0v) is 11.5. The maximum atomic E-state index is 11.0. The molecule has 104 valence electrons. The number of anilines is 1. The third-order valence-corrected chi connectivity index (χ3v) is 3.16. The molecule has 6 heteroatoms. The Bertz CT molecular complexity index is 629. The van der Waals surface area contributed by atoms with Gasteiger partial charge in [0.25, 0.3) is 5.69 Å². The highest BCUT2D eigenvalue weighted by Crippen LogP contribution is 2.31. The fraction of sp³-hybridized carbons (Fsp3) is 0.143. The van der Waals surface area contributed by atoms with E-state index in [2.05, 4.69) is 5.32 Å². The lowest BCUT2D eigenvalue weighted by Gasteiger charge is -2.16. The number of rotatable bonds is 4. The van der Waals surface area contributed by atoms with Crippen molar-refractivity contribution in [3.8, 4) is 5.75 Å². The molecule has 0 fully saturated rings. The Balaban J connectivity index is 2.27. The number of nitrogens with zero attached hydrogens (tertiary/aromatic N) is 1. The van der Waals surface area contributed by atoms with E-state index in [0.29, 0.717) is 10.7 Å². The number of aromatic hydroxyl groups is 1. The molecule has 0 aliphatic heterocycles. The van der Waals surface area contributed by atoms with Gasteiger partial charge in [-0.3, -0.25) is 10.1 Å². The first-order valence-electron chi connectivity index (χ1n) is 5.97. The van der Waals surface area contributed by atoms with E-state index in [1.165, 1.54) is 18.2 Å². The standard InChI is InChI=1S/C14H13ClN2O3/c1-9(10-2-5-12(18)6-3-10)16-13-8-11(15)4-7-14(13)17(19)20/h2-9,16,18H,1H3. The van der Waals surface area contributed by atoms with Gasteiger partial charge in [0.05, 0.1) is 4.92 Å². The fourth-order valence-electron chi connectivity index (χ4n) is 1.86. The molecule has 20 heavy (non-hydrogen) atoms. The van der Waals surface area contributed by atoms with Crippen molar-refractivity contribution in [1.29, 1.82) is 0 Å². The van der Waals surface area contributed by atoms with Crippen LogP contribution in [-0.4, -0.2) is 10.0 Å². The van der Waals surface area contributed by atoms with E-state index in [1.807, 2.05) is 6.92 Å². The summed E-state index contributed by atoms with van der Waals surface area (Å²) in [7, 11) is 0. The summed E-state index contributed by atoms with van der Waals surface area (Å²) in [5, 5.41) is 23.7. The summed E-state index contributed by atoms with van der Waals surface area (Å²) in [6, 6.07) is 10.9. The molecule has 2 rings (SSSR count). The van der Waals surface area contributed by atoms with Gasteiger partial charge in [-0.15, -0.1) is 0 Å². The summed E-state index contributed by atoms with van der Waals surface area (Å²) in [5.41, 5.74) is 1.24. The monoisotopic (exact) mass is 292 g/mol. The van der Waals surface area contributed by atoms with Crippen molar-refractivity contribution in [3.63, 3.8) is 0 Å². The number of nitro groups is 1. The predicted octanol–water partition coefficient (Wildman–Crippen LogP) is 4.13. The molecule has 0 saturated heterocycles. The Hall–Kier alpha value is -2.27. The van der Waals surface area contributed by atoms with Gasteiger partial charge in [-0.2, -0.15) is 0 Å². The summed E-state index contributed by atoms with van der Waals surface area (Å²) in [6.45, 7) is 1.87. The lowest BCUT2D eigenvalue weighted by Crippen LogP contribution is -2.08. The average Bonchev–Trinajstić information content (AvgIpc) is 2.39. The minimum atomic E-state index is -0.456. The summed E-state index contributed by atoms with van der Waals surface area (Å²) in [4.78, 5) is 10.5. The van der Waals surface area contributed by atoms with Crippen LogP contribution in [0.4, 0.5) is 11.4 Å². The molecule has 2 aromatic carbocycles. The van der Waals surface area contributed by atoms with Crippen molar-refractivity contribution >= 4 is 23.0 Å². The van der Waals surface area contributed by atoms with Gasteiger partial charge in [-0.25, -0.2) is 0 Å². The van der Waals surface area contributed by atoms with Crippen molar-refractivity contribution in [2.24, 2.45) is 0 Å². The number of nitrogens with one attached hydrogen (secondary N) is 1. The molecule has 0 aromatic heterocycles. The van der Waals surface area contributed by atoms with Crippen molar-refractivity contribution in [2.75, 3.05) is 5.32 Å². The average molecular weight is 293 g/mol. The van der Waals surface area contributed by atoms with Crippen LogP contribution >= 0.6 is 11.6 Å². The Labute approximate surface area is 121 Å². The molecule has 5 nitrogen and oxygen atoms in total. The van der Waals surface area contributed by atoms with Crippen molar-refractivity contribution in [1.82, 2.24) is 0 Å². The van der Waals surface area contributed by atoms with E-state index in [0.717, 1.165) is 5.56 Å². The normalized spacial score (nSPS) is 11.9. The number of nitro benzene ring substituents is 1. The zero-order valence-electron chi connectivity index (χ0n) is 10.7. The Kier molecular flexibility index (Phi) is 4.10. The van der Waals surface area contributed by atoms with Crippen LogP contribution in [0.3, 0.4) is 0 Å². The quantitative estimate of drug-likeness (QED) is 0.656. The third-order valence-electron chi connectivity index (χ3n) is 2.92. The second-order valence-corrected chi connectivity index (χ2v) is 4.81. The van der Waals surface area contributed by atoms with Crippen molar-refractivity contribution in [3.05, 3.63) is 63.2 Å². The molecule has 0 bridgehead atoms. The number of phenols is 1. The van der Waals surface area contributed by atoms with Crippen LogP contribution in [0.5, 0.6) is 5.75 Å². The van der Waals surface area contributed by atoms with Crippen LogP contribution in [0.1, 0.15) is 18.5 Å². The maximum absolute atomic E-state index is 11.0. The van der Waals surface area contributed by atoms with Gasteiger partial charge in [0.2, 0.25) is 0 Å². The molecule has 0 amide bonds. The van der Waals surface area contributed by atoms with Gasteiger partial charge in [0, 0.05) is 17.1 Å². The molecule has 0 spiro atoms. The number of phenolic OH excluding ortho intramolecular Hbond substituents is 1. The van der Waals surface area contributed by atoms with Crippen LogP contribution < -0.4 is 5.32 Å². The van der Waals surface area contributed by atoms with Crippen molar-refractivity contribution in [2.45, 2.75) is 13.0 Å². The Morgan fingerprint density at radius 1 is 1.25 bits per heavy atom. The van der Waals surface area contributed by atoms with E-state index in [9.17, 15) is 15.2 Å². The molecule has 1 atom stereocenters. The Morgan fingerprint density at radius 3 is 2.50 bits per heavy atom. The molecule has 0 radical (unpaired) electrons. The number of hydrogen-bond acceptors (Lipinski definition) is 4. The Morgan fingerprint density at radius 2 is 1.90 bits per heavy atom. The lowest BCUT2D eigenvalue weighted by atomic mass is 10.1. The number of benzene rings is 2.